The van der Waals surface area contributed by atoms with Gasteiger partial charge in [-0.1, -0.05) is 0 Å². The van der Waals surface area contributed by atoms with Gasteiger partial charge >= 0.3 is 6.03 Å². The first-order valence-corrected chi connectivity index (χ1v) is 7.56. The lowest BCUT2D eigenvalue weighted by Gasteiger charge is -2.34. The van der Waals surface area contributed by atoms with Gasteiger partial charge in [0.15, 0.2) is 0 Å². The van der Waals surface area contributed by atoms with Crippen LogP contribution in [0.5, 0.6) is 0 Å². The fraction of sp³-hybridized carbons (Fsp3) is 0.571. The maximum atomic E-state index is 11.5. The number of hydrogen-bond donors (Lipinski definition) is 1. The van der Waals surface area contributed by atoms with Gasteiger partial charge in [0.1, 0.15) is 0 Å². The number of rotatable bonds is 5. The molecule has 0 aromatic carbocycles. The van der Waals surface area contributed by atoms with Gasteiger partial charge in [0.2, 0.25) is 11.9 Å². The zero-order chi connectivity index (χ0) is 15.4. The van der Waals surface area contributed by atoms with Gasteiger partial charge in [0.05, 0.1) is 6.54 Å². The molecule has 8 nitrogen and oxygen atoms in total. The summed E-state index contributed by atoms with van der Waals surface area (Å²) in [7, 11) is 0. The second-order valence-electron chi connectivity index (χ2n) is 5.44. The average Bonchev–Trinajstić information content (AvgIpc) is 2.88. The second kappa shape index (κ2) is 6.69. The van der Waals surface area contributed by atoms with E-state index in [0.717, 1.165) is 45.1 Å². The standard InChI is InChI=1S/C14H20N6O2/c21-12-11-17-14(22)20(12)6-2-5-18-7-9-19(10-8-18)13-15-3-1-4-16-13/h1,3-4H,2,5-11H2,(H,17,22). The van der Waals surface area contributed by atoms with Gasteiger partial charge in [-0.05, 0) is 19.0 Å². The molecule has 2 saturated heterocycles. The van der Waals surface area contributed by atoms with Crippen LogP contribution in [0.4, 0.5) is 10.7 Å². The summed E-state index contributed by atoms with van der Waals surface area (Å²) >= 11 is 0. The first kappa shape index (κ1) is 14.7. The van der Waals surface area contributed by atoms with E-state index < -0.39 is 0 Å². The van der Waals surface area contributed by atoms with E-state index in [4.69, 9.17) is 0 Å². The van der Waals surface area contributed by atoms with Crippen LogP contribution >= 0.6 is 0 Å². The van der Waals surface area contributed by atoms with Crippen molar-refractivity contribution in [2.75, 3.05) is 50.7 Å². The van der Waals surface area contributed by atoms with Crippen LogP contribution in [0.2, 0.25) is 0 Å². The number of urea groups is 1. The summed E-state index contributed by atoms with van der Waals surface area (Å²) in [6.07, 6.45) is 4.32. The highest BCUT2D eigenvalue weighted by molar-refractivity contribution is 6.01. The smallest absolute Gasteiger partial charge is 0.324 e. The maximum absolute atomic E-state index is 11.5. The molecule has 22 heavy (non-hydrogen) atoms. The minimum absolute atomic E-state index is 0.129. The molecule has 1 aromatic heterocycles. The minimum atomic E-state index is -0.268. The Morgan fingerprint density at radius 1 is 1.05 bits per heavy atom. The van der Waals surface area contributed by atoms with Crippen molar-refractivity contribution >= 4 is 17.9 Å². The highest BCUT2D eigenvalue weighted by Crippen LogP contribution is 2.10. The number of piperazine rings is 1. The molecule has 2 fully saturated rings. The predicted molar refractivity (Wildman–Crippen MR) is 80.4 cm³/mol. The molecule has 1 N–H and O–H groups in total. The van der Waals surface area contributed by atoms with E-state index in [-0.39, 0.29) is 18.5 Å². The number of carbonyl (C=O) groups excluding carboxylic acids is 2. The van der Waals surface area contributed by atoms with Gasteiger partial charge in [-0.25, -0.2) is 14.8 Å². The second-order valence-corrected chi connectivity index (χ2v) is 5.44. The highest BCUT2D eigenvalue weighted by Gasteiger charge is 2.28. The summed E-state index contributed by atoms with van der Waals surface area (Å²) in [6.45, 7) is 5.19. The molecule has 0 radical (unpaired) electrons. The van der Waals surface area contributed by atoms with Gasteiger partial charge < -0.3 is 10.2 Å². The van der Waals surface area contributed by atoms with Crippen molar-refractivity contribution < 1.29 is 9.59 Å². The zero-order valence-electron chi connectivity index (χ0n) is 12.4. The monoisotopic (exact) mass is 304 g/mol. The highest BCUT2D eigenvalue weighted by atomic mass is 16.2. The minimum Gasteiger partial charge on any atom is -0.338 e. The Labute approximate surface area is 129 Å². The number of nitrogens with zero attached hydrogens (tertiary/aromatic N) is 5. The van der Waals surface area contributed by atoms with E-state index in [2.05, 4.69) is 25.1 Å². The number of aromatic nitrogens is 2. The normalized spacial score (nSPS) is 19.6. The van der Waals surface area contributed by atoms with Crippen molar-refractivity contribution in [3.8, 4) is 0 Å². The van der Waals surface area contributed by atoms with Crippen LogP contribution in [-0.2, 0) is 4.79 Å². The van der Waals surface area contributed by atoms with Gasteiger partial charge in [-0.3, -0.25) is 14.6 Å². The van der Waals surface area contributed by atoms with E-state index in [1.807, 2.05) is 6.07 Å². The molecule has 0 aliphatic carbocycles. The van der Waals surface area contributed by atoms with Crippen molar-refractivity contribution in [3.05, 3.63) is 18.5 Å². The fourth-order valence-electron chi connectivity index (χ4n) is 2.76. The third kappa shape index (κ3) is 3.33. The summed E-state index contributed by atoms with van der Waals surface area (Å²) in [5, 5.41) is 2.54. The lowest BCUT2D eigenvalue weighted by molar-refractivity contribution is -0.125. The summed E-state index contributed by atoms with van der Waals surface area (Å²) in [5.74, 6) is 0.650. The van der Waals surface area contributed by atoms with Gasteiger partial charge in [-0.2, -0.15) is 0 Å². The van der Waals surface area contributed by atoms with Crippen LogP contribution in [-0.4, -0.2) is 77.5 Å². The molecular weight excluding hydrogens is 284 g/mol. The van der Waals surface area contributed by atoms with Crippen molar-refractivity contribution in [2.45, 2.75) is 6.42 Å². The van der Waals surface area contributed by atoms with Crippen LogP contribution in [0.15, 0.2) is 18.5 Å². The largest absolute Gasteiger partial charge is 0.338 e. The van der Waals surface area contributed by atoms with Crippen LogP contribution in [0.1, 0.15) is 6.42 Å². The van der Waals surface area contributed by atoms with Crippen molar-refractivity contribution in [3.63, 3.8) is 0 Å². The summed E-state index contributed by atoms with van der Waals surface area (Å²) in [4.78, 5) is 37.3. The average molecular weight is 304 g/mol. The summed E-state index contributed by atoms with van der Waals surface area (Å²) in [6, 6.07) is 1.55. The fourth-order valence-corrected chi connectivity index (χ4v) is 2.76. The Morgan fingerprint density at radius 3 is 2.41 bits per heavy atom. The Kier molecular flexibility index (Phi) is 4.47. The quantitative estimate of drug-likeness (QED) is 0.741. The molecule has 2 aliphatic heterocycles. The zero-order valence-corrected chi connectivity index (χ0v) is 12.4. The number of nitrogens with one attached hydrogen (secondary N) is 1. The molecule has 3 heterocycles. The van der Waals surface area contributed by atoms with E-state index in [0.29, 0.717) is 6.54 Å². The molecule has 0 saturated carbocycles. The number of carbonyl (C=O) groups is 2. The molecule has 0 unspecified atom stereocenters. The summed E-state index contributed by atoms with van der Waals surface area (Å²) in [5.41, 5.74) is 0. The molecule has 3 amide bonds. The van der Waals surface area contributed by atoms with E-state index in [9.17, 15) is 9.59 Å². The molecular formula is C14H20N6O2. The number of anilines is 1. The topological polar surface area (TPSA) is 81.7 Å². The molecule has 0 bridgehead atoms. The van der Waals surface area contributed by atoms with Gasteiger partial charge in [0.25, 0.3) is 0 Å². The number of imide groups is 1. The molecule has 1 aromatic rings. The molecule has 0 atom stereocenters. The van der Waals surface area contributed by atoms with Crippen molar-refractivity contribution in [2.24, 2.45) is 0 Å². The lowest BCUT2D eigenvalue weighted by atomic mass is 10.3. The van der Waals surface area contributed by atoms with Crippen LogP contribution in [0, 0.1) is 0 Å². The molecule has 3 rings (SSSR count). The van der Waals surface area contributed by atoms with Crippen LogP contribution < -0.4 is 10.2 Å². The third-order valence-corrected chi connectivity index (χ3v) is 4.00. The van der Waals surface area contributed by atoms with Crippen molar-refractivity contribution in [1.82, 2.24) is 25.1 Å². The summed E-state index contributed by atoms with van der Waals surface area (Å²) < 4.78 is 0. The van der Waals surface area contributed by atoms with Gasteiger partial charge in [0, 0.05) is 45.1 Å². The molecule has 0 spiro atoms. The van der Waals surface area contributed by atoms with Crippen LogP contribution in [0.3, 0.4) is 0 Å². The maximum Gasteiger partial charge on any atom is 0.324 e. The Balaban J connectivity index is 1.39. The van der Waals surface area contributed by atoms with E-state index in [1.54, 1.807) is 12.4 Å². The van der Waals surface area contributed by atoms with E-state index in [1.165, 1.54) is 4.90 Å². The molecule has 2 aliphatic rings. The first-order valence-electron chi connectivity index (χ1n) is 7.56. The SMILES string of the molecule is O=C1CNC(=O)N1CCCN1CCN(c2ncccn2)CC1. The predicted octanol–water partition coefficient (Wildman–Crippen LogP) is -0.459. The Morgan fingerprint density at radius 2 is 1.77 bits per heavy atom. The van der Waals surface area contributed by atoms with E-state index >= 15 is 0 Å². The Bertz CT molecular complexity index is 513. The Hall–Kier alpha value is -2.22. The number of hydrogen-bond acceptors (Lipinski definition) is 6. The number of amides is 3. The molecule has 8 heteroatoms. The van der Waals surface area contributed by atoms with Crippen LogP contribution in [0.25, 0.3) is 0 Å². The lowest BCUT2D eigenvalue weighted by Crippen LogP contribution is -2.47. The van der Waals surface area contributed by atoms with Crippen molar-refractivity contribution in [1.29, 1.82) is 0 Å². The molecule has 118 valence electrons. The third-order valence-electron chi connectivity index (χ3n) is 4.00. The van der Waals surface area contributed by atoms with Gasteiger partial charge in [-0.15, -0.1) is 0 Å². The first-order chi connectivity index (χ1) is 10.7.